The van der Waals surface area contributed by atoms with Crippen molar-refractivity contribution in [2.75, 3.05) is 42.5 Å². The first kappa shape index (κ1) is 19.6. The molecule has 1 unspecified atom stereocenters. The van der Waals surface area contributed by atoms with E-state index in [4.69, 9.17) is 4.74 Å². The Morgan fingerprint density at radius 2 is 1.52 bits per heavy atom. The minimum Gasteiger partial charge on any atom is -0.457 e. The summed E-state index contributed by atoms with van der Waals surface area (Å²) < 4.78 is 5.86. The van der Waals surface area contributed by atoms with Gasteiger partial charge in [0.2, 0.25) is 5.91 Å². The maximum atomic E-state index is 12.7. The quantitative estimate of drug-likeness (QED) is 0.636. The summed E-state index contributed by atoms with van der Waals surface area (Å²) >= 11 is 0. The van der Waals surface area contributed by atoms with E-state index in [9.17, 15) is 4.79 Å². The van der Waals surface area contributed by atoms with Gasteiger partial charge in [-0.25, -0.2) is 4.98 Å². The molecule has 2 aliphatic heterocycles. The van der Waals surface area contributed by atoms with Crippen molar-refractivity contribution in [1.29, 1.82) is 0 Å². The highest BCUT2D eigenvalue weighted by Crippen LogP contribution is 2.28. The fraction of sp³-hybridized carbons (Fsp3) is 0.280. The van der Waals surface area contributed by atoms with Crippen LogP contribution in [0.4, 0.5) is 11.5 Å². The Labute approximate surface area is 182 Å². The number of hydrogen-bond donors (Lipinski definition) is 0. The summed E-state index contributed by atoms with van der Waals surface area (Å²) in [4.78, 5) is 23.9. The number of pyridine rings is 1. The van der Waals surface area contributed by atoms with Crippen molar-refractivity contribution in [2.45, 2.75) is 12.5 Å². The van der Waals surface area contributed by atoms with E-state index >= 15 is 0 Å². The first-order valence-electron chi connectivity index (χ1n) is 10.8. The van der Waals surface area contributed by atoms with Crippen LogP contribution in [0.2, 0.25) is 0 Å². The first-order valence-corrected chi connectivity index (χ1v) is 10.8. The number of para-hydroxylation sites is 1. The lowest BCUT2D eigenvalue weighted by molar-refractivity contribution is -0.117. The van der Waals surface area contributed by atoms with Crippen LogP contribution in [-0.4, -0.2) is 54.6 Å². The number of benzene rings is 2. The Morgan fingerprint density at radius 3 is 2.23 bits per heavy atom. The van der Waals surface area contributed by atoms with Crippen LogP contribution in [0.5, 0.6) is 11.5 Å². The molecule has 0 radical (unpaired) electrons. The van der Waals surface area contributed by atoms with Crippen LogP contribution in [0.15, 0.2) is 79.0 Å². The van der Waals surface area contributed by atoms with Gasteiger partial charge >= 0.3 is 0 Å². The average Bonchev–Trinajstić information content (AvgIpc) is 3.22. The lowest BCUT2D eigenvalue weighted by Crippen LogP contribution is -2.51. The van der Waals surface area contributed by atoms with Crippen molar-refractivity contribution in [3.05, 3.63) is 79.0 Å². The number of amides is 1. The minimum atomic E-state index is 0.189. The molecule has 1 aromatic heterocycles. The molecule has 2 aliphatic rings. The van der Waals surface area contributed by atoms with Gasteiger partial charge in [-0.15, -0.1) is 0 Å². The summed E-state index contributed by atoms with van der Waals surface area (Å²) in [6.07, 6.45) is 2.41. The van der Waals surface area contributed by atoms with Crippen LogP contribution in [0, 0.1) is 0 Å². The van der Waals surface area contributed by atoms with E-state index in [0.717, 1.165) is 55.7 Å². The number of anilines is 2. The molecule has 2 aromatic carbocycles. The second-order valence-electron chi connectivity index (χ2n) is 7.98. The zero-order chi connectivity index (χ0) is 21.0. The maximum Gasteiger partial charge on any atom is 0.228 e. The van der Waals surface area contributed by atoms with Gasteiger partial charge in [0.15, 0.2) is 0 Å². The molecular weight excluding hydrogens is 388 g/mol. The van der Waals surface area contributed by atoms with E-state index in [0.29, 0.717) is 6.42 Å². The number of ether oxygens (including phenoxy) is 1. The number of carbonyl (C=O) groups is 1. The zero-order valence-electron chi connectivity index (χ0n) is 17.4. The smallest absolute Gasteiger partial charge is 0.228 e. The average molecular weight is 415 g/mol. The molecule has 1 atom stereocenters. The van der Waals surface area contributed by atoms with E-state index in [1.165, 1.54) is 0 Å². The molecular formula is C25H26N4O2. The third kappa shape index (κ3) is 4.39. The second-order valence-corrected chi connectivity index (χ2v) is 7.98. The van der Waals surface area contributed by atoms with Crippen molar-refractivity contribution < 1.29 is 9.53 Å². The molecule has 1 amide bonds. The number of piperazine rings is 1. The Kier molecular flexibility index (Phi) is 5.54. The number of hydrogen-bond acceptors (Lipinski definition) is 5. The minimum absolute atomic E-state index is 0.189. The van der Waals surface area contributed by atoms with E-state index in [1.807, 2.05) is 77.8 Å². The number of nitrogens with zero attached hydrogens (tertiary/aromatic N) is 4. The molecule has 0 saturated carbocycles. The van der Waals surface area contributed by atoms with E-state index in [-0.39, 0.29) is 11.9 Å². The molecule has 0 N–H and O–H groups in total. The highest BCUT2D eigenvalue weighted by Gasteiger charge is 2.35. The molecule has 158 valence electrons. The summed E-state index contributed by atoms with van der Waals surface area (Å²) in [5, 5.41) is 0. The van der Waals surface area contributed by atoms with Crippen LogP contribution in [-0.2, 0) is 4.79 Å². The van der Waals surface area contributed by atoms with Crippen LogP contribution in [0.3, 0.4) is 0 Å². The zero-order valence-corrected chi connectivity index (χ0v) is 17.4. The SMILES string of the molecule is O=C1CC(N2CCN(c3ccccn3)CC2)CN1c1ccc(Oc2ccccc2)cc1. The molecule has 6 nitrogen and oxygen atoms in total. The third-order valence-corrected chi connectivity index (χ3v) is 6.04. The van der Waals surface area contributed by atoms with Gasteiger partial charge in [0.05, 0.1) is 0 Å². The molecule has 6 heteroatoms. The van der Waals surface area contributed by atoms with Crippen LogP contribution in [0.25, 0.3) is 0 Å². The normalized spacial score (nSPS) is 19.6. The molecule has 3 aromatic rings. The van der Waals surface area contributed by atoms with Crippen LogP contribution in [0.1, 0.15) is 6.42 Å². The summed E-state index contributed by atoms with van der Waals surface area (Å²) in [5.74, 6) is 2.79. The van der Waals surface area contributed by atoms with Crippen molar-refractivity contribution in [1.82, 2.24) is 9.88 Å². The second kappa shape index (κ2) is 8.78. The summed E-state index contributed by atoms with van der Waals surface area (Å²) in [7, 11) is 0. The van der Waals surface area contributed by atoms with Crippen molar-refractivity contribution in [3.63, 3.8) is 0 Å². The molecule has 31 heavy (non-hydrogen) atoms. The number of aromatic nitrogens is 1. The molecule has 0 aliphatic carbocycles. The number of rotatable bonds is 5. The Bertz CT molecular complexity index is 1000. The van der Waals surface area contributed by atoms with Gasteiger partial charge in [-0.2, -0.15) is 0 Å². The van der Waals surface area contributed by atoms with Crippen molar-refractivity contribution >= 4 is 17.4 Å². The first-order chi connectivity index (χ1) is 15.3. The molecule has 2 fully saturated rings. The monoisotopic (exact) mass is 414 g/mol. The molecule has 3 heterocycles. The fourth-order valence-electron chi connectivity index (χ4n) is 4.36. The highest BCUT2D eigenvalue weighted by atomic mass is 16.5. The lowest BCUT2D eigenvalue weighted by Gasteiger charge is -2.38. The van der Waals surface area contributed by atoms with Gasteiger partial charge in [-0.3, -0.25) is 9.69 Å². The van der Waals surface area contributed by atoms with Gasteiger partial charge in [0.25, 0.3) is 0 Å². The van der Waals surface area contributed by atoms with Gasteiger partial charge in [-0.1, -0.05) is 24.3 Å². The van der Waals surface area contributed by atoms with Crippen LogP contribution >= 0.6 is 0 Å². The van der Waals surface area contributed by atoms with E-state index in [1.54, 1.807) is 0 Å². The third-order valence-electron chi connectivity index (χ3n) is 6.04. The van der Waals surface area contributed by atoms with Gasteiger partial charge in [0, 0.05) is 57.1 Å². The van der Waals surface area contributed by atoms with Gasteiger partial charge in [0.1, 0.15) is 17.3 Å². The molecule has 5 rings (SSSR count). The Balaban J connectivity index is 1.19. The lowest BCUT2D eigenvalue weighted by atomic mass is 10.2. The van der Waals surface area contributed by atoms with E-state index in [2.05, 4.69) is 20.9 Å². The molecule has 0 spiro atoms. The molecule has 2 saturated heterocycles. The summed E-state index contributed by atoms with van der Waals surface area (Å²) in [6, 6.07) is 23.8. The largest absolute Gasteiger partial charge is 0.457 e. The topological polar surface area (TPSA) is 48.9 Å². The summed E-state index contributed by atoms with van der Waals surface area (Å²) in [5.41, 5.74) is 0.931. The fourth-order valence-corrected chi connectivity index (χ4v) is 4.36. The maximum absolute atomic E-state index is 12.7. The Hall–Kier alpha value is -3.38. The predicted octanol–water partition coefficient (Wildman–Crippen LogP) is 3.80. The van der Waals surface area contributed by atoms with E-state index < -0.39 is 0 Å². The standard InChI is InChI=1S/C25H26N4O2/c30-25-18-21(27-14-16-28(17-15-27)24-8-4-5-13-26-24)19-29(25)20-9-11-23(12-10-20)31-22-6-2-1-3-7-22/h1-13,21H,14-19H2. The van der Waals surface area contributed by atoms with Crippen molar-refractivity contribution in [3.8, 4) is 11.5 Å². The molecule has 0 bridgehead atoms. The Morgan fingerprint density at radius 1 is 0.806 bits per heavy atom. The number of carbonyl (C=O) groups excluding carboxylic acids is 1. The predicted molar refractivity (Wildman–Crippen MR) is 122 cm³/mol. The van der Waals surface area contributed by atoms with Gasteiger partial charge < -0.3 is 14.5 Å². The summed E-state index contributed by atoms with van der Waals surface area (Å²) in [6.45, 7) is 4.51. The highest BCUT2D eigenvalue weighted by molar-refractivity contribution is 5.96. The van der Waals surface area contributed by atoms with Gasteiger partial charge in [-0.05, 0) is 48.5 Å². The van der Waals surface area contributed by atoms with Crippen molar-refractivity contribution in [2.24, 2.45) is 0 Å². The van der Waals surface area contributed by atoms with Crippen LogP contribution < -0.4 is 14.5 Å².